The zero-order valence-electron chi connectivity index (χ0n) is 13.8. The van der Waals surface area contributed by atoms with Crippen LogP contribution in [-0.4, -0.2) is 60.0 Å². The molecule has 0 aromatic carbocycles. The normalized spacial score (nSPS) is 24.5. The summed E-state index contributed by atoms with van der Waals surface area (Å²) in [5, 5.41) is 6.79. The first-order valence-corrected chi connectivity index (χ1v) is 8.99. The third kappa shape index (κ3) is 6.22. The van der Waals surface area contributed by atoms with Gasteiger partial charge >= 0.3 is 0 Å². The van der Waals surface area contributed by atoms with Gasteiger partial charge in [0.15, 0.2) is 0 Å². The van der Waals surface area contributed by atoms with Crippen LogP contribution in [0.2, 0.25) is 0 Å². The molecular formula is C15H29N3OS2. The predicted molar refractivity (Wildman–Crippen MR) is 96.0 cm³/mol. The van der Waals surface area contributed by atoms with Crippen molar-refractivity contribution in [1.82, 2.24) is 15.5 Å². The Balaban J connectivity index is 2.33. The molecule has 122 valence electrons. The Morgan fingerprint density at radius 1 is 1.57 bits per heavy atom. The van der Waals surface area contributed by atoms with Crippen LogP contribution >= 0.6 is 24.0 Å². The van der Waals surface area contributed by atoms with Crippen molar-refractivity contribution in [2.45, 2.75) is 51.1 Å². The number of carbonyl (C=O) groups excluding carboxylic acids is 1. The first-order chi connectivity index (χ1) is 9.79. The molecule has 0 bridgehead atoms. The Hall–Kier alpha value is -0.170. The summed E-state index contributed by atoms with van der Waals surface area (Å²) in [6.07, 6.45) is 3.00. The molecule has 0 saturated carbocycles. The number of carbonyl (C=O) groups is 1. The van der Waals surface area contributed by atoms with Gasteiger partial charge in [-0.3, -0.25) is 4.90 Å². The van der Waals surface area contributed by atoms with Crippen LogP contribution in [0.15, 0.2) is 0 Å². The molecule has 4 nitrogen and oxygen atoms in total. The minimum Gasteiger partial charge on any atom is -0.369 e. The molecule has 2 unspecified atom stereocenters. The fraction of sp³-hybridized carbons (Fsp3) is 0.867. The van der Waals surface area contributed by atoms with E-state index in [1.165, 1.54) is 6.42 Å². The maximum absolute atomic E-state index is 11.2. The van der Waals surface area contributed by atoms with E-state index in [-0.39, 0.29) is 12.1 Å². The molecule has 0 aromatic rings. The van der Waals surface area contributed by atoms with Crippen LogP contribution in [0, 0.1) is 5.41 Å². The number of thiocarbonyl (C=S) groups is 1. The molecule has 2 N–H and O–H groups in total. The number of thioether (sulfide) groups is 1. The van der Waals surface area contributed by atoms with Crippen molar-refractivity contribution in [3.8, 4) is 0 Å². The van der Waals surface area contributed by atoms with Gasteiger partial charge in [0.25, 0.3) is 0 Å². The molecule has 1 aliphatic heterocycles. The Morgan fingerprint density at radius 2 is 2.24 bits per heavy atom. The molecular weight excluding hydrogens is 302 g/mol. The summed E-state index contributed by atoms with van der Waals surface area (Å²) in [7, 11) is 4.05. The number of rotatable bonds is 8. The first kappa shape index (κ1) is 18.9. The predicted octanol–water partition coefficient (Wildman–Crippen LogP) is 1.89. The number of aldehydes is 1. The lowest BCUT2D eigenvalue weighted by atomic mass is 9.93. The molecule has 3 atom stereocenters. The second-order valence-corrected chi connectivity index (χ2v) is 8.38. The van der Waals surface area contributed by atoms with Gasteiger partial charge in [0.1, 0.15) is 6.29 Å². The average Bonchev–Trinajstić information content (AvgIpc) is 2.69. The molecule has 1 aliphatic rings. The van der Waals surface area contributed by atoms with Crippen LogP contribution in [0.4, 0.5) is 0 Å². The van der Waals surface area contributed by atoms with Gasteiger partial charge in [-0.2, -0.15) is 0 Å². The largest absolute Gasteiger partial charge is 0.369 e. The number of likely N-dealkylation sites (N-methyl/N-ethyl adjacent to an activating group) is 1. The van der Waals surface area contributed by atoms with Crippen LogP contribution in [0.3, 0.4) is 0 Å². The van der Waals surface area contributed by atoms with Crippen molar-refractivity contribution < 1.29 is 4.79 Å². The molecule has 0 aromatic heterocycles. The summed E-state index contributed by atoms with van der Waals surface area (Å²) in [4.78, 5) is 14.3. The molecule has 21 heavy (non-hydrogen) atoms. The van der Waals surface area contributed by atoms with Crippen molar-refractivity contribution in [3.63, 3.8) is 0 Å². The van der Waals surface area contributed by atoms with Crippen molar-refractivity contribution in [3.05, 3.63) is 0 Å². The second kappa shape index (κ2) is 8.46. The fourth-order valence-electron chi connectivity index (χ4n) is 2.60. The lowest BCUT2D eigenvalue weighted by Crippen LogP contribution is -2.44. The molecule has 1 heterocycles. The lowest BCUT2D eigenvalue weighted by Gasteiger charge is -2.21. The lowest BCUT2D eigenvalue weighted by molar-refractivity contribution is -0.109. The van der Waals surface area contributed by atoms with E-state index in [4.69, 9.17) is 12.2 Å². The highest BCUT2D eigenvalue weighted by Crippen LogP contribution is 2.38. The Labute approximate surface area is 138 Å². The Kier molecular flexibility index (Phi) is 7.60. The summed E-state index contributed by atoms with van der Waals surface area (Å²) in [6.45, 7) is 7.76. The summed E-state index contributed by atoms with van der Waals surface area (Å²) in [5.41, 5.74) is 0.401. The van der Waals surface area contributed by atoms with E-state index in [0.29, 0.717) is 15.8 Å². The standard InChI is InChI=1S/C15H29N3OS2/c1-11(16-4)14(20)17-12(9-19)6-7-21-13-8-15(2,3)10-18(13)5/h9,11-13,16H,6-8,10H2,1-5H3,(H,17,20)/t11?,12-,13?/m0/s1. The van der Waals surface area contributed by atoms with Crippen molar-refractivity contribution in [1.29, 1.82) is 0 Å². The molecule has 0 amide bonds. The molecule has 0 radical (unpaired) electrons. The van der Waals surface area contributed by atoms with E-state index >= 15 is 0 Å². The van der Waals surface area contributed by atoms with E-state index in [2.05, 4.69) is 36.4 Å². The van der Waals surface area contributed by atoms with Crippen molar-refractivity contribution in [2.75, 3.05) is 26.4 Å². The zero-order valence-corrected chi connectivity index (χ0v) is 15.4. The first-order valence-electron chi connectivity index (χ1n) is 7.54. The molecule has 1 saturated heterocycles. The molecule has 1 fully saturated rings. The van der Waals surface area contributed by atoms with Gasteiger partial charge in [-0.05, 0) is 45.0 Å². The maximum Gasteiger partial charge on any atom is 0.142 e. The molecule has 6 heteroatoms. The third-order valence-electron chi connectivity index (χ3n) is 3.95. The number of hydrogen-bond donors (Lipinski definition) is 2. The van der Waals surface area contributed by atoms with Crippen LogP contribution in [0.1, 0.15) is 33.6 Å². The quantitative estimate of drug-likeness (QED) is 0.523. The van der Waals surface area contributed by atoms with E-state index in [1.807, 2.05) is 25.7 Å². The number of hydrogen-bond acceptors (Lipinski definition) is 5. The van der Waals surface area contributed by atoms with E-state index in [0.717, 1.165) is 25.0 Å². The minimum atomic E-state index is -0.180. The van der Waals surface area contributed by atoms with Crippen LogP contribution in [-0.2, 0) is 4.79 Å². The average molecular weight is 332 g/mol. The van der Waals surface area contributed by atoms with E-state index < -0.39 is 0 Å². The minimum absolute atomic E-state index is 0.0943. The van der Waals surface area contributed by atoms with Gasteiger partial charge in [0.05, 0.1) is 22.4 Å². The zero-order chi connectivity index (χ0) is 16.0. The van der Waals surface area contributed by atoms with Gasteiger partial charge in [-0.1, -0.05) is 26.1 Å². The monoisotopic (exact) mass is 331 g/mol. The SMILES string of the molecule is CNC(C)C(=S)N[C@H](C=O)CCSC1CC(C)(C)CN1C. The fourth-order valence-corrected chi connectivity index (χ4v) is 4.43. The molecule has 1 rings (SSSR count). The van der Waals surface area contributed by atoms with Crippen molar-refractivity contribution >= 4 is 35.3 Å². The van der Waals surface area contributed by atoms with Gasteiger partial charge in [0, 0.05) is 6.54 Å². The number of nitrogens with one attached hydrogen (secondary N) is 2. The maximum atomic E-state index is 11.2. The number of nitrogens with zero attached hydrogens (tertiary/aromatic N) is 1. The van der Waals surface area contributed by atoms with Crippen LogP contribution in [0.25, 0.3) is 0 Å². The van der Waals surface area contributed by atoms with E-state index in [1.54, 1.807) is 0 Å². The summed E-state index contributed by atoms with van der Waals surface area (Å²) >= 11 is 7.22. The third-order valence-corrected chi connectivity index (χ3v) is 5.81. The highest BCUT2D eigenvalue weighted by molar-refractivity contribution is 7.99. The summed E-state index contributed by atoms with van der Waals surface area (Å²) < 4.78 is 0. The van der Waals surface area contributed by atoms with Gasteiger partial charge in [0.2, 0.25) is 0 Å². The number of likely N-dealkylation sites (tertiary alicyclic amines) is 1. The van der Waals surface area contributed by atoms with E-state index in [9.17, 15) is 4.79 Å². The van der Waals surface area contributed by atoms with Gasteiger partial charge in [-0.25, -0.2) is 0 Å². The topological polar surface area (TPSA) is 44.4 Å². The summed E-state index contributed by atoms with van der Waals surface area (Å²) in [6, 6.07) is -0.0858. The highest BCUT2D eigenvalue weighted by atomic mass is 32.2. The van der Waals surface area contributed by atoms with Gasteiger partial charge in [-0.15, -0.1) is 11.8 Å². The Morgan fingerprint density at radius 3 is 2.71 bits per heavy atom. The highest BCUT2D eigenvalue weighted by Gasteiger charge is 2.35. The smallest absolute Gasteiger partial charge is 0.142 e. The molecule has 0 aliphatic carbocycles. The molecule has 0 spiro atoms. The second-order valence-electron chi connectivity index (χ2n) is 6.66. The van der Waals surface area contributed by atoms with Crippen LogP contribution < -0.4 is 10.6 Å². The Bertz CT molecular complexity index is 363. The van der Waals surface area contributed by atoms with Crippen molar-refractivity contribution in [2.24, 2.45) is 5.41 Å². The van der Waals surface area contributed by atoms with Gasteiger partial charge < -0.3 is 15.4 Å². The van der Waals surface area contributed by atoms with Crippen LogP contribution in [0.5, 0.6) is 0 Å². The summed E-state index contributed by atoms with van der Waals surface area (Å²) in [5.74, 6) is 0.970.